The molecule has 0 unspecified atom stereocenters. The molecule has 1 fully saturated rings. The van der Waals surface area contributed by atoms with Crippen LogP contribution in [0, 0.1) is 6.92 Å². The lowest BCUT2D eigenvalue weighted by molar-refractivity contribution is -0.137. The number of piperazine rings is 1. The number of aromatic amines is 1. The number of halogens is 3. The van der Waals surface area contributed by atoms with Crippen LogP contribution in [0.5, 0.6) is 0 Å². The third kappa shape index (κ3) is 4.98. The SMILES string of the molecule is Cc1[nH]c(-c2ccccc2)c(N2C=CN=CC2)c1CN1CCN(c2cccc(C(F)(F)F)c2)CC1. The molecule has 2 aromatic carbocycles. The monoisotopic (exact) mass is 479 g/mol. The van der Waals surface area contributed by atoms with Crippen molar-refractivity contribution < 1.29 is 13.2 Å². The molecule has 0 aliphatic carbocycles. The number of benzene rings is 2. The number of H-pyrrole nitrogens is 1. The zero-order valence-corrected chi connectivity index (χ0v) is 19.6. The van der Waals surface area contributed by atoms with Crippen molar-refractivity contribution in [3.8, 4) is 11.3 Å². The Morgan fingerprint density at radius 3 is 2.43 bits per heavy atom. The zero-order chi connectivity index (χ0) is 24.4. The van der Waals surface area contributed by atoms with Crippen LogP contribution < -0.4 is 9.80 Å². The largest absolute Gasteiger partial charge is 0.416 e. The van der Waals surface area contributed by atoms with E-state index in [1.807, 2.05) is 35.5 Å². The van der Waals surface area contributed by atoms with E-state index in [4.69, 9.17) is 0 Å². The topological polar surface area (TPSA) is 37.9 Å². The Kier molecular flexibility index (Phi) is 6.38. The lowest BCUT2D eigenvalue weighted by Crippen LogP contribution is -2.46. The predicted octanol–water partition coefficient (Wildman–Crippen LogP) is 5.69. The normalized spacial score (nSPS) is 16.8. The first kappa shape index (κ1) is 23.2. The van der Waals surface area contributed by atoms with Gasteiger partial charge in [-0.25, -0.2) is 0 Å². The van der Waals surface area contributed by atoms with Crippen molar-refractivity contribution in [1.82, 2.24) is 9.88 Å². The first-order valence-electron chi connectivity index (χ1n) is 11.8. The van der Waals surface area contributed by atoms with Crippen molar-refractivity contribution >= 4 is 17.6 Å². The van der Waals surface area contributed by atoms with Gasteiger partial charge in [0.15, 0.2) is 0 Å². The Morgan fingerprint density at radius 1 is 0.971 bits per heavy atom. The van der Waals surface area contributed by atoms with Gasteiger partial charge < -0.3 is 14.8 Å². The number of aromatic nitrogens is 1. The van der Waals surface area contributed by atoms with Crippen molar-refractivity contribution in [2.45, 2.75) is 19.6 Å². The van der Waals surface area contributed by atoms with Gasteiger partial charge in [-0.3, -0.25) is 9.89 Å². The summed E-state index contributed by atoms with van der Waals surface area (Å²) in [5.41, 5.74) is 5.74. The number of aryl methyl sites for hydroxylation is 1. The molecule has 1 saturated heterocycles. The fourth-order valence-electron chi connectivity index (χ4n) is 4.78. The average molecular weight is 480 g/mol. The van der Waals surface area contributed by atoms with Gasteiger partial charge in [-0.05, 0) is 25.1 Å². The van der Waals surface area contributed by atoms with Crippen LogP contribution in [0.3, 0.4) is 0 Å². The Morgan fingerprint density at radius 2 is 1.74 bits per heavy atom. The van der Waals surface area contributed by atoms with Gasteiger partial charge >= 0.3 is 6.18 Å². The van der Waals surface area contributed by atoms with Gasteiger partial charge in [-0.2, -0.15) is 13.2 Å². The van der Waals surface area contributed by atoms with Gasteiger partial charge in [0.1, 0.15) is 0 Å². The molecule has 5 rings (SSSR count). The summed E-state index contributed by atoms with van der Waals surface area (Å²) in [6.07, 6.45) is 1.38. The molecule has 8 heteroatoms. The molecule has 0 bridgehead atoms. The number of rotatable bonds is 5. The smallest absolute Gasteiger partial charge is 0.369 e. The Labute approximate surface area is 203 Å². The molecule has 1 aromatic heterocycles. The summed E-state index contributed by atoms with van der Waals surface area (Å²) < 4.78 is 39.4. The number of aliphatic imine (C=N–C) groups is 1. The van der Waals surface area contributed by atoms with Crippen LogP contribution in [-0.4, -0.2) is 48.8 Å². The maximum absolute atomic E-state index is 13.1. The molecule has 2 aliphatic rings. The summed E-state index contributed by atoms with van der Waals surface area (Å²) in [5.74, 6) is 0. The van der Waals surface area contributed by atoms with Gasteiger partial charge in [-0.1, -0.05) is 36.4 Å². The van der Waals surface area contributed by atoms with Gasteiger partial charge in [0.25, 0.3) is 0 Å². The molecule has 0 radical (unpaired) electrons. The second kappa shape index (κ2) is 9.62. The fraction of sp³-hybridized carbons (Fsp3) is 0.296. The Bertz CT molecular complexity index is 1220. The van der Waals surface area contributed by atoms with Crippen LogP contribution in [0.15, 0.2) is 72.0 Å². The van der Waals surface area contributed by atoms with E-state index in [9.17, 15) is 13.2 Å². The van der Waals surface area contributed by atoms with E-state index in [1.54, 1.807) is 12.3 Å². The molecule has 5 nitrogen and oxygen atoms in total. The molecule has 3 heterocycles. The minimum Gasteiger partial charge on any atom is -0.369 e. The van der Waals surface area contributed by atoms with Crippen LogP contribution in [-0.2, 0) is 12.7 Å². The molecule has 0 amide bonds. The summed E-state index contributed by atoms with van der Waals surface area (Å²) in [5, 5.41) is 0. The number of nitrogens with one attached hydrogen (secondary N) is 1. The first-order valence-corrected chi connectivity index (χ1v) is 11.8. The number of hydrogen-bond donors (Lipinski definition) is 1. The van der Waals surface area contributed by atoms with Crippen molar-refractivity contribution in [2.24, 2.45) is 4.99 Å². The number of nitrogens with zero attached hydrogens (tertiary/aromatic N) is 4. The summed E-state index contributed by atoms with van der Waals surface area (Å²) in [7, 11) is 0. The molecule has 1 N–H and O–H groups in total. The van der Waals surface area contributed by atoms with Crippen LogP contribution in [0.2, 0.25) is 0 Å². The summed E-state index contributed by atoms with van der Waals surface area (Å²) in [6, 6.07) is 15.9. The van der Waals surface area contributed by atoms with Crippen molar-refractivity contribution in [1.29, 1.82) is 0 Å². The Hall–Kier alpha value is -3.52. The highest BCUT2D eigenvalue weighted by atomic mass is 19.4. The predicted molar refractivity (Wildman–Crippen MR) is 135 cm³/mol. The quantitative estimate of drug-likeness (QED) is 0.511. The molecule has 0 spiro atoms. The highest BCUT2D eigenvalue weighted by molar-refractivity contribution is 5.83. The first-order chi connectivity index (χ1) is 16.9. The molecule has 2 aliphatic heterocycles. The molecule has 182 valence electrons. The fourth-order valence-corrected chi connectivity index (χ4v) is 4.78. The maximum Gasteiger partial charge on any atom is 0.416 e. The van der Waals surface area contributed by atoms with Crippen LogP contribution in [0.25, 0.3) is 11.3 Å². The number of anilines is 2. The molecule has 0 atom stereocenters. The van der Waals surface area contributed by atoms with Crippen molar-refractivity contribution in [3.63, 3.8) is 0 Å². The van der Waals surface area contributed by atoms with Crippen molar-refractivity contribution in [3.05, 3.63) is 83.8 Å². The van der Waals surface area contributed by atoms with Gasteiger partial charge in [-0.15, -0.1) is 0 Å². The standard InChI is InChI=1S/C27H28F3N5/c1-20-24(26(35-12-10-31-11-13-35)25(32-20)21-6-3-2-4-7-21)19-33-14-16-34(17-15-33)23-9-5-8-22(18-23)27(28,29)30/h2-12,18,32H,13-17,19H2,1H3. The molecule has 35 heavy (non-hydrogen) atoms. The summed E-state index contributed by atoms with van der Waals surface area (Å²) in [4.78, 5) is 14.5. The van der Waals surface area contributed by atoms with Gasteiger partial charge in [0.2, 0.25) is 0 Å². The van der Waals surface area contributed by atoms with E-state index < -0.39 is 11.7 Å². The lowest BCUT2D eigenvalue weighted by atomic mass is 10.1. The van der Waals surface area contributed by atoms with E-state index in [-0.39, 0.29) is 0 Å². The summed E-state index contributed by atoms with van der Waals surface area (Å²) >= 11 is 0. The van der Waals surface area contributed by atoms with E-state index in [2.05, 4.69) is 38.8 Å². The van der Waals surface area contributed by atoms with E-state index in [0.29, 0.717) is 25.3 Å². The molecular formula is C27H28F3N5. The van der Waals surface area contributed by atoms with Gasteiger partial charge in [0, 0.05) is 73.8 Å². The highest BCUT2D eigenvalue weighted by Gasteiger charge is 2.31. The molecular weight excluding hydrogens is 451 g/mol. The van der Waals surface area contributed by atoms with E-state index in [1.165, 1.54) is 17.7 Å². The minimum atomic E-state index is -4.33. The zero-order valence-electron chi connectivity index (χ0n) is 19.6. The number of hydrogen-bond acceptors (Lipinski definition) is 4. The maximum atomic E-state index is 13.1. The second-order valence-corrected chi connectivity index (χ2v) is 8.91. The van der Waals surface area contributed by atoms with E-state index in [0.717, 1.165) is 48.3 Å². The Balaban J connectivity index is 1.35. The average Bonchev–Trinajstić information content (AvgIpc) is 3.21. The number of alkyl halides is 3. The third-order valence-corrected chi connectivity index (χ3v) is 6.65. The highest BCUT2D eigenvalue weighted by Crippen LogP contribution is 2.37. The van der Waals surface area contributed by atoms with Crippen LogP contribution in [0.1, 0.15) is 16.8 Å². The molecule has 0 saturated carbocycles. The van der Waals surface area contributed by atoms with Crippen LogP contribution >= 0.6 is 0 Å². The summed E-state index contributed by atoms with van der Waals surface area (Å²) in [6.45, 7) is 6.48. The second-order valence-electron chi connectivity index (χ2n) is 8.91. The van der Waals surface area contributed by atoms with Gasteiger partial charge in [0.05, 0.1) is 23.5 Å². The van der Waals surface area contributed by atoms with E-state index >= 15 is 0 Å². The minimum absolute atomic E-state index is 0.600. The molecule has 3 aromatic rings. The van der Waals surface area contributed by atoms with Crippen molar-refractivity contribution in [2.75, 3.05) is 42.5 Å². The van der Waals surface area contributed by atoms with Crippen LogP contribution in [0.4, 0.5) is 24.5 Å². The lowest BCUT2D eigenvalue weighted by Gasteiger charge is -2.36. The third-order valence-electron chi connectivity index (χ3n) is 6.65.